The molecule has 0 spiro atoms. The molecule has 2 rings (SSSR count). The Morgan fingerprint density at radius 1 is 1.35 bits per heavy atom. The molecule has 4 heteroatoms. The molecule has 2 unspecified atom stereocenters. The highest BCUT2D eigenvalue weighted by Crippen LogP contribution is 2.15. The molecule has 1 saturated heterocycles. The molecule has 0 radical (unpaired) electrons. The monoisotopic (exact) mass is 278 g/mol. The van der Waals surface area contributed by atoms with Gasteiger partial charge in [-0.2, -0.15) is 0 Å². The number of phenolic OH excluding ortho intramolecular Hbond substituents is 1. The van der Waals surface area contributed by atoms with E-state index in [1.165, 1.54) is 18.4 Å². The number of aromatic hydroxyl groups is 1. The lowest BCUT2D eigenvalue weighted by Gasteiger charge is -2.31. The van der Waals surface area contributed by atoms with Crippen molar-refractivity contribution >= 4 is 0 Å². The Kier molecular flexibility index (Phi) is 5.83. The molecule has 1 aliphatic heterocycles. The van der Waals surface area contributed by atoms with Crippen LogP contribution in [0.25, 0.3) is 0 Å². The van der Waals surface area contributed by atoms with Crippen LogP contribution < -0.4 is 5.32 Å². The van der Waals surface area contributed by atoms with Crippen molar-refractivity contribution < 1.29 is 10.2 Å². The van der Waals surface area contributed by atoms with Crippen molar-refractivity contribution in [1.82, 2.24) is 10.2 Å². The van der Waals surface area contributed by atoms with Crippen LogP contribution in [0.1, 0.15) is 25.3 Å². The van der Waals surface area contributed by atoms with E-state index in [1.54, 1.807) is 12.1 Å². The van der Waals surface area contributed by atoms with Crippen molar-refractivity contribution in [2.75, 3.05) is 26.2 Å². The normalized spacial score (nSPS) is 20.4. The van der Waals surface area contributed by atoms with Gasteiger partial charge in [-0.05, 0) is 50.4 Å². The number of nitrogens with one attached hydrogen (secondary N) is 1. The minimum absolute atomic E-state index is 0.201. The lowest BCUT2D eigenvalue weighted by atomic mass is 10.0. The van der Waals surface area contributed by atoms with Gasteiger partial charge in [0.25, 0.3) is 0 Å². The summed E-state index contributed by atoms with van der Waals surface area (Å²) < 4.78 is 0. The quantitative estimate of drug-likeness (QED) is 0.705. The molecule has 0 aliphatic carbocycles. The summed E-state index contributed by atoms with van der Waals surface area (Å²) >= 11 is 0. The van der Waals surface area contributed by atoms with Gasteiger partial charge in [0, 0.05) is 25.2 Å². The first-order chi connectivity index (χ1) is 9.69. The second kappa shape index (κ2) is 7.62. The largest absolute Gasteiger partial charge is 0.508 e. The van der Waals surface area contributed by atoms with Crippen molar-refractivity contribution in [2.24, 2.45) is 0 Å². The summed E-state index contributed by atoms with van der Waals surface area (Å²) in [6.45, 7) is 5.24. The first kappa shape index (κ1) is 15.3. The van der Waals surface area contributed by atoms with Crippen molar-refractivity contribution in [3.63, 3.8) is 0 Å². The van der Waals surface area contributed by atoms with Crippen molar-refractivity contribution in [1.29, 1.82) is 0 Å². The Morgan fingerprint density at radius 3 is 2.70 bits per heavy atom. The van der Waals surface area contributed by atoms with Gasteiger partial charge in [0.1, 0.15) is 5.75 Å². The molecule has 1 aliphatic rings. The van der Waals surface area contributed by atoms with Crippen LogP contribution in [0.3, 0.4) is 0 Å². The van der Waals surface area contributed by atoms with Gasteiger partial charge in [0.2, 0.25) is 0 Å². The molecule has 2 atom stereocenters. The highest BCUT2D eigenvalue weighted by molar-refractivity contribution is 5.26. The average Bonchev–Trinajstić information content (AvgIpc) is 2.94. The van der Waals surface area contributed by atoms with Gasteiger partial charge < -0.3 is 15.5 Å². The minimum atomic E-state index is 0.201. The number of benzene rings is 1. The Hall–Kier alpha value is -1.10. The van der Waals surface area contributed by atoms with Crippen LogP contribution >= 0.6 is 0 Å². The molecule has 0 amide bonds. The van der Waals surface area contributed by atoms with E-state index >= 15 is 0 Å². The molecular weight excluding hydrogens is 252 g/mol. The molecule has 0 bridgehead atoms. The summed E-state index contributed by atoms with van der Waals surface area (Å²) in [5.74, 6) is 0.309. The first-order valence-electron chi connectivity index (χ1n) is 7.55. The number of aliphatic hydroxyl groups is 1. The van der Waals surface area contributed by atoms with Crippen LogP contribution in [0.5, 0.6) is 5.75 Å². The summed E-state index contributed by atoms with van der Waals surface area (Å²) in [6, 6.07) is 8.35. The van der Waals surface area contributed by atoms with Crippen LogP contribution in [-0.4, -0.2) is 53.4 Å². The van der Waals surface area contributed by atoms with E-state index in [0.29, 0.717) is 17.8 Å². The number of hydrogen-bond acceptors (Lipinski definition) is 4. The van der Waals surface area contributed by atoms with E-state index < -0.39 is 0 Å². The SMILES string of the molecule is CC(Cc1ccc(O)cc1)N(CCO)CC1CCCN1. The van der Waals surface area contributed by atoms with E-state index in [0.717, 1.165) is 26.1 Å². The van der Waals surface area contributed by atoms with Crippen LogP contribution in [-0.2, 0) is 6.42 Å². The van der Waals surface area contributed by atoms with E-state index in [1.807, 2.05) is 12.1 Å². The van der Waals surface area contributed by atoms with Crippen LogP contribution in [0, 0.1) is 0 Å². The molecule has 1 aromatic rings. The molecule has 112 valence electrons. The number of aliphatic hydroxyl groups excluding tert-OH is 1. The minimum Gasteiger partial charge on any atom is -0.508 e. The van der Waals surface area contributed by atoms with Gasteiger partial charge in [0.05, 0.1) is 6.61 Å². The van der Waals surface area contributed by atoms with E-state index in [-0.39, 0.29) is 6.61 Å². The molecule has 0 saturated carbocycles. The molecule has 1 aromatic carbocycles. The van der Waals surface area contributed by atoms with Crippen molar-refractivity contribution in [3.8, 4) is 5.75 Å². The fourth-order valence-corrected chi connectivity index (χ4v) is 2.92. The molecular formula is C16H26N2O2. The number of hydrogen-bond donors (Lipinski definition) is 3. The fourth-order valence-electron chi connectivity index (χ4n) is 2.92. The third kappa shape index (κ3) is 4.47. The van der Waals surface area contributed by atoms with Crippen molar-refractivity contribution in [2.45, 2.75) is 38.3 Å². The Bertz CT molecular complexity index is 388. The molecule has 4 nitrogen and oxygen atoms in total. The highest BCUT2D eigenvalue weighted by atomic mass is 16.3. The van der Waals surface area contributed by atoms with Crippen LogP contribution in [0.15, 0.2) is 24.3 Å². The number of phenols is 1. The summed E-state index contributed by atoms with van der Waals surface area (Å²) in [5, 5.41) is 22.1. The number of nitrogens with zero attached hydrogens (tertiary/aromatic N) is 1. The maximum atomic E-state index is 9.32. The van der Waals surface area contributed by atoms with E-state index in [4.69, 9.17) is 0 Å². The molecule has 3 N–H and O–H groups in total. The second-order valence-electron chi connectivity index (χ2n) is 5.73. The molecule has 0 aromatic heterocycles. The first-order valence-corrected chi connectivity index (χ1v) is 7.55. The van der Waals surface area contributed by atoms with Crippen molar-refractivity contribution in [3.05, 3.63) is 29.8 Å². The maximum Gasteiger partial charge on any atom is 0.115 e. The lowest BCUT2D eigenvalue weighted by Crippen LogP contribution is -2.44. The molecule has 1 fully saturated rings. The van der Waals surface area contributed by atoms with Gasteiger partial charge in [0.15, 0.2) is 0 Å². The maximum absolute atomic E-state index is 9.32. The van der Waals surface area contributed by atoms with Gasteiger partial charge in [-0.15, -0.1) is 0 Å². The zero-order chi connectivity index (χ0) is 14.4. The topological polar surface area (TPSA) is 55.7 Å². The van der Waals surface area contributed by atoms with Gasteiger partial charge in [-0.1, -0.05) is 12.1 Å². The summed E-state index contributed by atoms with van der Waals surface area (Å²) in [5.41, 5.74) is 1.22. The van der Waals surface area contributed by atoms with Crippen LogP contribution in [0.2, 0.25) is 0 Å². The predicted octanol–water partition coefficient (Wildman–Crippen LogP) is 1.37. The zero-order valence-corrected chi connectivity index (χ0v) is 12.3. The highest BCUT2D eigenvalue weighted by Gasteiger charge is 2.21. The van der Waals surface area contributed by atoms with E-state index in [2.05, 4.69) is 17.1 Å². The Balaban J connectivity index is 1.91. The standard InChI is InChI=1S/C16H26N2O2/c1-13(11-14-4-6-16(20)7-5-14)18(9-10-19)12-15-3-2-8-17-15/h4-7,13,15,17,19-20H,2-3,8-12H2,1H3. The Labute approximate surface area is 121 Å². The predicted molar refractivity (Wildman–Crippen MR) is 81.0 cm³/mol. The van der Waals surface area contributed by atoms with Crippen LogP contribution in [0.4, 0.5) is 0 Å². The smallest absolute Gasteiger partial charge is 0.115 e. The summed E-state index contributed by atoms with van der Waals surface area (Å²) in [6.07, 6.45) is 3.42. The molecule has 20 heavy (non-hydrogen) atoms. The summed E-state index contributed by atoms with van der Waals surface area (Å²) in [7, 11) is 0. The third-order valence-electron chi connectivity index (χ3n) is 4.10. The zero-order valence-electron chi connectivity index (χ0n) is 12.3. The fraction of sp³-hybridized carbons (Fsp3) is 0.625. The average molecular weight is 278 g/mol. The van der Waals surface area contributed by atoms with Gasteiger partial charge in [-0.3, -0.25) is 4.90 Å². The van der Waals surface area contributed by atoms with Gasteiger partial charge >= 0.3 is 0 Å². The third-order valence-corrected chi connectivity index (χ3v) is 4.10. The molecule has 1 heterocycles. The Morgan fingerprint density at radius 2 is 2.10 bits per heavy atom. The lowest BCUT2D eigenvalue weighted by molar-refractivity contribution is 0.146. The van der Waals surface area contributed by atoms with E-state index in [9.17, 15) is 10.2 Å². The number of rotatable bonds is 7. The second-order valence-corrected chi connectivity index (χ2v) is 5.73. The summed E-state index contributed by atoms with van der Waals surface area (Å²) in [4.78, 5) is 2.36. The van der Waals surface area contributed by atoms with Gasteiger partial charge in [-0.25, -0.2) is 0 Å².